The molecular formula is C30H29F3N4O3. The Hall–Kier alpha value is -3.66. The van der Waals surface area contributed by atoms with Gasteiger partial charge in [-0.15, -0.1) is 0 Å². The molecule has 40 heavy (non-hydrogen) atoms. The number of aryl methyl sites for hydroxylation is 1. The van der Waals surface area contributed by atoms with Gasteiger partial charge in [-0.3, -0.25) is 9.59 Å². The van der Waals surface area contributed by atoms with Gasteiger partial charge < -0.3 is 14.6 Å². The van der Waals surface area contributed by atoms with Crippen LogP contribution in [0.3, 0.4) is 0 Å². The number of halogens is 3. The Morgan fingerprint density at radius 2 is 1.93 bits per heavy atom. The van der Waals surface area contributed by atoms with Crippen LogP contribution in [0.15, 0.2) is 42.6 Å². The molecule has 7 rings (SSSR count). The third kappa shape index (κ3) is 3.87. The number of hydrogen-bond donors (Lipinski definition) is 1. The quantitative estimate of drug-likeness (QED) is 0.338. The van der Waals surface area contributed by atoms with Crippen molar-refractivity contribution in [2.75, 3.05) is 13.1 Å². The van der Waals surface area contributed by atoms with Gasteiger partial charge in [0.2, 0.25) is 5.91 Å². The zero-order chi connectivity index (χ0) is 28.0. The Labute approximate surface area is 228 Å². The molecule has 0 bridgehead atoms. The lowest BCUT2D eigenvalue weighted by Gasteiger charge is -2.48. The molecule has 1 aromatic carbocycles. The molecule has 1 amide bonds. The maximum Gasteiger partial charge on any atom is 0.417 e. The van der Waals surface area contributed by atoms with E-state index in [9.17, 15) is 27.9 Å². The highest BCUT2D eigenvalue weighted by atomic mass is 19.4. The molecule has 0 atom stereocenters. The number of aliphatic hydroxyl groups is 1. The van der Waals surface area contributed by atoms with Crippen LogP contribution in [-0.2, 0) is 11.3 Å². The fourth-order valence-electron chi connectivity index (χ4n) is 6.40. The Bertz CT molecular complexity index is 1670. The van der Waals surface area contributed by atoms with Crippen LogP contribution in [0.2, 0.25) is 0 Å². The van der Waals surface area contributed by atoms with Crippen molar-refractivity contribution < 1.29 is 27.9 Å². The molecule has 0 spiro atoms. The number of nitrogens with zero attached hydrogens (tertiary/aromatic N) is 4. The Morgan fingerprint density at radius 1 is 1.18 bits per heavy atom. The number of fused-ring (bicyclic) bond motifs is 2. The summed E-state index contributed by atoms with van der Waals surface area (Å²) in [6.07, 6.45) is -0.955. The summed E-state index contributed by atoms with van der Waals surface area (Å²) in [5, 5.41) is 15.7. The van der Waals surface area contributed by atoms with Gasteiger partial charge in [0, 0.05) is 54.2 Å². The van der Waals surface area contributed by atoms with Gasteiger partial charge in [0.05, 0.1) is 16.7 Å². The van der Waals surface area contributed by atoms with Gasteiger partial charge in [0.25, 0.3) is 0 Å². The van der Waals surface area contributed by atoms with Gasteiger partial charge in [-0.05, 0) is 62.3 Å². The van der Waals surface area contributed by atoms with E-state index in [4.69, 9.17) is 5.10 Å². The number of carbonyl (C=O) groups is 2. The molecular weight excluding hydrogens is 521 g/mol. The fraction of sp³-hybridized carbons (Fsp3) is 0.433. The highest BCUT2D eigenvalue weighted by Gasteiger charge is 2.63. The van der Waals surface area contributed by atoms with E-state index in [1.807, 2.05) is 19.1 Å². The second-order valence-corrected chi connectivity index (χ2v) is 11.8. The number of pyridine rings is 1. The summed E-state index contributed by atoms with van der Waals surface area (Å²) in [5.41, 5.74) is 3.88. The number of aldehydes is 1. The molecule has 1 N–H and O–H groups in total. The van der Waals surface area contributed by atoms with Crippen molar-refractivity contribution in [1.82, 2.24) is 19.1 Å². The molecule has 208 valence electrons. The molecule has 10 heteroatoms. The first-order chi connectivity index (χ1) is 19.1. The Balaban J connectivity index is 1.20. The van der Waals surface area contributed by atoms with E-state index >= 15 is 0 Å². The second kappa shape index (κ2) is 8.67. The number of hydrogen-bond acceptors (Lipinski definition) is 4. The number of benzene rings is 1. The van der Waals surface area contributed by atoms with Crippen molar-refractivity contribution >= 4 is 28.6 Å². The van der Waals surface area contributed by atoms with Gasteiger partial charge >= 0.3 is 6.18 Å². The van der Waals surface area contributed by atoms with Crippen molar-refractivity contribution in [3.63, 3.8) is 0 Å². The minimum Gasteiger partial charge on any atom is -0.380 e. The SMILES string of the molecule is Cc1c(-c2cc3cccc(C4CN(C(=O)C5CC(O)(C(F)(F)F)C5)C4)c3n2CC2CC2)nn2cc(C=O)ccc12. The van der Waals surface area contributed by atoms with E-state index in [0.717, 1.165) is 51.8 Å². The van der Waals surface area contributed by atoms with Crippen LogP contribution >= 0.6 is 0 Å². The van der Waals surface area contributed by atoms with Crippen molar-refractivity contribution in [3.05, 3.63) is 59.3 Å². The first-order valence-corrected chi connectivity index (χ1v) is 13.7. The van der Waals surface area contributed by atoms with Crippen LogP contribution in [0.1, 0.15) is 53.1 Å². The molecule has 2 aliphatic carbocycles. The first-order valence-electron chi connectivity index (χ1n) is 13.7. The van der Waals surface area contributed by atoms with Crippen LogP contribution in [0.25, 0.3) is 27.8 Å². The summed E-state index contributed by atoms with van der Waals surface area (Å²) in [7, 11) is 0. The molecule has 1 saturated heterocycles. The average molecular weight is 551 g/mol. The predicted octanol–water partition coefficient (Wildman–Crippen LogP) is 5.12. The van der Waals surface area contributed by atoms with Gasteiger partial charge in [0.15, 0.2) is 11.9 Å². The number of rotatable bonds is 6. The van der Waals surface area contributed by atoms with Crippen LogP contribution in [0, 0.1) is 18.8 Å². The summed E-state index contributed by atoms with van der Waals surface area (Å²) in [6, 6.07) is 12.0. The molecule has 3 fully saturated rings. The third-order valence-corrected chi connectivity index (χ3v) is 9.04. The van der Waals surface area contributed by atoms with Gasteiger partial charge in [-0.25, -0.2) is 4.52 Å². The van der Waals surface area contributed by atoms with Crippen LogP contribution in [0.5, 0.6) is 0 Å². The highest BCUT2D eigenvalue weighted by molar-refractivity contribution is 5.91. The van der Waals surface area contributed by atoms with Crippen LogP contribution in [-0.4, -0.2) is 61.2 Å². The van der Waals surface area contributed by atoms with E-state index < -0.39 is 30.5 Å². The van der Waals surface area contributed by atoms with Crippen LogP contribution < -0.4 is 0 Å². The molecule has 0 radical (unpaired) electrons. The van der Waals surface area contributed by atoms with Crippen molar-refractivity contribution in [2.24, 2.45) is 11.8 Å². The lowest BCUT2D eigenvalue weighted by atomic mass is 9.69. The molecule has 4 aromatic rings. The van der Waals surface area contributed by atoms with Gasteiger partial charge in [0.1, 0.15) is 5.69 Å². The maximum absolute atomic E-state index is 13.0. The number of amides is 1. The zero-order valence-electron chi connectivity index (χ0n) is 22.0. The summed E-state index contributed by atoms with van der Waals surface area (Å²) < 4.78 is 43.2. The largest absolute Gasteiger partial charge is 0.417 e. The summed E-state index contributed by atoms with van der Waals surface area (Å²) in [6.45, 7) is 3.79. The molecule has 7 nitrogen and oxygen atoms in total. The fourth-order valence-corrected chi connectivity index (χ4v) is 6.40. The number of alkyl halides is 3. The number of carbonyl (C=O) groups excluding carboxylic acids is 2. The highest BCUT2D eigenvalue weighted by Crippen LogP contribution is 2.50. The van der Waals surface area contributed by atoms with E-state index in [2.05, 4.69) is 22.8 Å². The van der Waals surface area contributed by atoms with E-state index in [1.165, 1.54) is 12.8 Å². The minimum atomic E-state index is -4.71. The summed E-state index contributed by atoms with van der Waals surface area (Å²) >= 11 is 0. The van der Waals surface area contributed by atoms with E-state index in [1.54, 1.807) is 21.7 Å². The molecule has 3 aliphatic rings. The van der Waals surface area contributed by atoms with E-state index in [-0.39, 0.29) is 11.8 Å². The normalized spacial score (nSPS) is 23.4. The summed E-state index contributed by atoms with van der Waals surface area (Å²) in [5.74, 6) is -0.424. The minimum absolute atomic E-state index is 0.0762. The maximum atomic E-state index is 13.0. The molecule has 1 aliphatic heterocycles. The Morgan fingerprint density at radius 3 is 2.60 bits per heavy atom. The molecule has 2 saturated carbocycles. The van der Waals surface area contributed by atoms with Crippen molar-refractivity contribution in [1.29, 1.82) is 0 Å². The van der Waals surface area contributed by atoms with Gasteiger partial charge in [-0.1, -0.05) is 18.2 Å². The lowest BCUT2D eigenvalue weighted by Crippen LogP contribution is -2.61. The smallest absolute Gasteiger partial charge is 0.380 e. The van der Waals surface area contributed by atoms with Gasteiger partial charge in [-0.2, -0.15) is 18.3 Å². The predicted molar refractivity (Wildman–Crippen MR) is 142 cm³/mol. The zero-order valence-corrected chi connectivity index (χ0v) is 22.0. The first kappa shape index (κ1) is 25.3. The van der Waals surface area contributed by atoms with E-state index in [0.29, 0.717) is 24.6 Å². The number of para-hydroxylation sites is 1. The van der Waals surface area contributed by atoms with Crippen LogP contribution in [0.4, 0.5) is 13.2 Å². The van der Waals surface area contributed by atoms with Crippen molar-refractivity contribution in [2.45, 2.75) is 56.8 Å². The van der Waals surface area contributed by atoms with Crippen molar-refractivity contribution in [3.8, 4) is 11.4 Å². The second-order valence-electron chi connectivity index (χ2n) is 11.8. The topological polar surface area (TPSA) is 79.8 Å². The average Bonchev–Trinajstić information content (AvgIpc) is 3.54. The molecule has 3 aromatic heterocycles. The summed E-state index contributed by atoms with van der Waals surface area (Å²) in [4.78, 5) is 25.8. The monoisotopic (exact) mass is 550 g/mol. The Kier molecular flexibility index (Phi) is 5.49. The lowest BCUT2D eigenvalue weighted by molar-refractivity contribution is -0.297. The number of aromatic nitrogens is 3. The number of likely N-dealkylation sites (tertiary alicyclic amines) is 1. The standard InChI is InChI=1S/C30H29F3N4O3/c1-17-24-8-7-19(16-38)13-37(24)34-26(17)25-9-20-3-2-4-23(27(20)36(25)12-18-5-6-18)22-14-35(15-22)28(39)21-10-29(40,11-21)30(31,32)33/h2-4,7-9,13,16,18,21-22,40H,5-6,10-12,14-15H2,1H3. The molecule has 4 heterocycles. The molecule has 0 unspecified atom stereocenters. The third-order valence-electron chi connectivity index (χ3n) is 9.04.